The minimum atomic E-state index is -0.808. The van der Waals surface area contributed by atoms with Crippen LogP contribution in [0, 0.1) is 0 Å². The Morgan fingerprint density at radius 2 is 1.92 bits per heavy atom. The van der Waals surface area contributed by atoms with Crippen LogP contribution in [0.1, 0.15) is 30.9 Å². The first kappa shape index (κ1) is 20.2. The molecule has 7 nitrogen and oxygen atoms in total. The normalized spacial score (nSPS) is 19.3. The van der Waals surface area contributed by atoms with Crippen molar-refractivity contribution in [3.8, 4) is 0 Å². The Morgan fingerprint density at radius 3 is 2.54 bits per heavy atom. The highest BCUT2D eigenvalue weighted by molar-refractivity contribution is 5.74. The third kappa shape index (κ3) is 6.31. The maximum absolute atomic E-state index is 12.1. The van der Waals surface area contributed by atoms with Crippen LogP contribution in [0.25, 0.3) is 0 Å². The van der Waals surface area contributed by atoms with Gasteiger partial charge in [0.05, 0.1) is 6.54 Å². The number of likely N-dealkylation sites (N-methyl/N-ethyl adjacent to an activating group) is 1. The molecule has 2 rings (SSSR count). The predicted octanol–water partition coefficient (Wildman–Crippen LogP) is 1.48. The summed E-state index contributed by atoms with van der Waals surface area (Å²) < 4.78 is 0. The number of amides is 2. The van der Waals surface area contributed by atoms with E-state index < -0.39 is 5.97 Å². The van der Waals surface area contributed by atoms with Crippen molar-refractivity contribution in [1.82, 2.24) is 20.4 Å². The Bertz CT molecular complexity index is 615. The van der Waals surface area contributed by atoms with Crippen LogP contribution >= 0.6 is 0 Å². The van der Waals surface area contributed by atoms with Gasteiger partial charge >= 0.3 is 12.0 Å². The molecule has 1 aliphatic carbocycles. The molecule has 26 heavy (non-hydrogen) atoms. The topological polar surface area (TPSA) is 84.9 Å². The van der Waals surface area contributed by atoms with E-state index in [0.29, 0.717) is 13.1 Å². The Morgan fingerprint density at radius 1 is 1.23 bits per heavy atom. The largest absolute Gasteiger partial charge is 0.480 e. The Labute approximate surface area is 155 Å². The van der Waals surface area contributed by atoms with Crippen molar-refractivity contribution in [1.29, 1.82) is 0 Å². The molecule has 1 fully saturated rings. The van der Waals surface area contributed by atoms with E-state index in [1.807, 2.05) is 38.1 Å². The Hall–Kier alpha value is -2.12. The van der Waals surface area contributed by atoms with Crippen LogP contribution in [0.5, 0.6) is 0 Å². The summed E-state index contributed by atoms with van der Waals surface area (Å²) in [7, 11) is 4.06. The van der Waals surface area contributed by atoms with Crippen molar-refractivity contribution in [2.75, 3.05) is 27.2 Å². The summed E-state index contributed by atoms with van der Waals surface area (Å²) in [4.78, 5) is 27.0. The fraction of sp³-hybridized carbons (Fsp3) is 0.579. The monoisotopic (exact) mass is 362 g/mol. The molecular formula is C19H30N4O3. The summed E-state index contributed by atoms with van der Waals surface area (Å²) in [5.74, 6) is -0.808. The second-order valence-corrected chi connectivity index (χ2v) is 7.16. The average Bonchev–Trinajstić information content (AvgIpc) is 2.53. The number of carboxylic acid groups (broad SMARTS) is 1. The quantitative estimate of drug-likeness (QED) is 0.620. The molecule has 0 spiro atoms. The van der Waals surface area contributed by atoms with Gasteiger partial charge in [0, 0.05) is 25.2 Å². The van der Waals surface area contributed by atoms with Crippen LogP contribution < -0.4 is 10.6 Å². The molecule has 0 bridgehead atoms. The predicted molar refractivity (Wildman–Crippen MR) is 101 cm³/mol. The van der Waals surface area contributed by atoms with Crippen molar-refractivity contribution in [2.24, 2.45) is 0 Å². The van der Waals surface area contributed by atoms with E-state index in [-0.39, 0.29) is 24.7 Å². The highest BCUT2D eigenvalue weighted by Gasteiger charge is 2.34. The van der Waals surface area contributed by atoms with E-state index in [4.69, 9.17) is 5.11 Å². The highest BCUT2D eigenvalue weighted by atomic mass is 16.4. The zero-order chi connectivity index (χ0) is 19.1. The zero-order valence-corrected chi connectivity index (χ0v) is 15.9. The van der Waals surface area contributed by atoms with Crippen LogP contribution in [0.15, 0.2) is 24.3 Å². The molecule has 0 aliphatic heterocycles. The molecule has 0 unspecified atom stereocenters. The van der Waals surface area contributed by atoms with E-state index in [1.165, 1.54) is 5.56 Å². The molecule has 3 N–H and O–H groups in total. The van der Waals surface area contributed by atoms with Gasteiger partial charge in [-0.05, 0) is 44.6 Å². The molecule has 0 heterocycles. The van der Waals surface area contributed by atoms with Crippen molar-refractivity contribution in [3.63, 3.8) is 0 Å². The number of benzene rings is 1. The summed E-state index contributed by atoms with van der Waals surface area (Å²) in [6, 6.07) is 8.37. The summed E-state index contributed by atoms with van der Waals surface area (Å²) in [6.07, 6.45) is 1.60. The lowest BCUT2D eigenvalue weighted by Gasteiger charge is -2.42. The summed E-state index contributed by atoms with van der Waals surface area (Å²) >= 11 is 0. The number of hydrogen-bond acceptors (Lipinski definition) is 4. The first-order valence-corrected chi connectivity index (χ1v) is 9.10. The van der Waals surface area contributed by atoms with Crippen molar-refractivity contribution in [3.05, 3.63) is 35.4 Å². The molecule has 1 aliphatic rings. The molecule has 0 aromatic heterocycles. The minimum absolute atomic E-state index is 0.0589. The van der Waals surface area contributed by atoms with Crippen LogP contribution in [-0.2, 0) is 17.9 Å². The average molecular weight is 362 g/mol. The number of carboxylic acids is 1. The van der Waals surface area contributed by atoms with Gasteiger partial charge < -0.3 is 20.6 Å². The SMILES string of the molecule is CCN(CC(=O)O)C1CC(NC(=O)NCc2cccc(CN(C)C)c2)C1. The minimum Gasteiger partial charge on any atom is -0.480 e. The lowest BCUT2D eigenvalue weighted by molar-refractivity contribution is -0.139. The maximum atomic E-state index is 12.1. The number of carbonyl (C=O) groups excluding carboxylic acids is 1. The van der Waals surface area contributed by atoms with Gasteiger partial charge in [-0.1, -0.05) is 31.2 Å². The number of carbonyl (C=O) groups is 2. The van der Waals surface area contributed by atoms with E-state index in [1.54, 1.807) is 0 Å². The second kappa shape index (κ2) is 9.54. The molecule has 0 atom stereocenters. The van der Waals surface area contributed by atoms with Gasteiger partial charge in [0.25, 0.3) is 0 Å². The van der Waals surface area contributed by atoms with Crippen LogP contribution in [-0.4, -0.2) is 66.2 Å². The number of nitrogens with one attached hydrogen (secondary N) is 2. The third-order valence-corrected chi connectivity index (χ3v) is 4.65. The van der Waals surface area contributed by atoms with Gasteiger partial charge in [-0.25, -0.2) is 4.79 Å². The van der Waals surface area contributed by atoms with E-state index in [2.05, 4.69) is 27.7 Å². The number of rotatable bonds is 9. The van der Waals surface area contributed by atoms with Gasteiger partial charge in [0.1, 0.15) is 0 Å². The Balaban J connectivity index is 1.71. The number of hydrogen-bond donors (Lipinski definition) is 3. The molecule has 144 valence electrons. The summed E-state index contributed by atoms with van der Waals surface area (Å²) in [5.41, 5.74) is 2.29. The van der Waals surface area contributed by atoms with Crippen LogP contribution in [0.2, 0.25) is 0 Å². The molecule has 7 heteroatoms. The van der Waals surface area contributed by atoms with Crippen molar-refractivity contribution in [2.45, 2.75) is 44.9 Å². The molecule has 0 radical (unpaired) electrons. The Kier molecular flexibility index (Phi) is 7.41. The van der Waals surface area contributed by atoms with Gasteiger partial charge in [-0.15, -0.1) is 0 Å². The molecule has 1 saturated carbocycles. The standard InChI is InChI=1S/C19H30N4O3/c1-4-23(13-18(24)25)17-9-16(10-17)21-19(26)20-11-14-6-5-7-15(8-14)12-22(2)3/h5-8,16-17H,4,9-13H2,1-3H3,(H,24,25)(H2,20,21,26). The smallest absolute Gasteiger partial charge is 0.317 e. The van der Waals surface area contributed by atoms with Crippen LogP contribution in [0.4, 0.5) is 4.79 Å². The number of aliphatic carboxylic acids is 1. The fourth-order valence-corrected chi connectivity index (χ4v) is 3.30. The highest BCUT2D eigenvalue weighted by Crippen LogP contribution is 2.25. The molecule has 1 aromatic rings. The number of nitrogens with zero attached hydrogens (tertiary/aromatic N) is 2. The first-order chi connectivity index (χ1) is 12.4. The van der Waals surface area contributed by atoms with Gasteiger partial charge in [0.15, 0.2) is 0 Å². The lowest BCUT2D eigenvalue weighted by atomic mass is 9.85. The summed E-state index contributed by atoms with van der Waals surface area (Å²) in [5, 5.41) is 14.8. The first-order valence-electron chi connectivity index (χ1n) is 9.10. The van der Waals surface area contributed by atoms with E-state index >= 15 is 0 Å². The van der Waals surface area contributed by atoms with Gasteiger partial charge in [-0.2, -0.15) is 0 Å². The number of urea groups is 1. The fourth-order valence-electron chi connectivity index (χ4n) is 3.30. The maximum Gasteiger partial charge on any atom is 0.317 e. The van der Waals surface area contributed by atoms with Crippen molar-refractivity contribution < 1.29 is 14.7 Å². The zero-order valence-electron chi connectivity index (χ0n) is 15.9. The summed E-state index contributed by atoms with van der Waals surface area (Å²) in [6.45, 7) is 4.08. The van der Waals surface area contributed by atoms with Gasteiger partial charge in [-0.3, -0.25) is 9.69 Å². The second-order valence-electron chi connectivity index (χ2n) is 7.16. The molecule has 1 aromatic carbocycles. The van der Waals surface area contributed by atoms with Gasteiger partial charge in [0.2, 0.25) is 0 Å². The molecular weight excluding hydrogens is 332 g/mol. The van der Waals surface area contributed by atoms with E-state index in [0.717, 1.165) is 24.9 Å². The third-order valence-electron chi connectivity index (χ3n) is 4.65. The lowest BCUT2D eigenvalue weighted by Crippen LogP contribution is -2.56. The van der Waals surface area contributed by atoms with E-state index in [9.17, 15) is 9.59 Å². The van der Waals surface area contributed by atoms with Crippen molar-refractivity contribution >= 4 is 12.0 Å². The molecule has 0 saturated heterocycles. The van der Waals surface area contributed by atoms with Crippen LogP contribution in [0.3, 0.4) is 0 Å². The molecule has 2 amide bonds.